The molecule has 2 aliphatic rings. The van der Waals surface area contributed by atoms with Crippen molar-refractivity contribution in [1.82, 2.24) is 9.78 Å². The van der Waals surface area contributed by atoms with E-state index in [2.05, 4.69) is 24.3 Å². The SMILES string of the molecule is Cn1ncc2ccc3c(c21)C(c1ccc(F)c(F)c1)C1=C(CC(C)(C)CC1=O)N3. The molecule has 1 aromatic heterocycles. The second-order valence-corrected chi connectivity index (χ2v) is 8.80. The van der Waals surface area contributed by atoms with E-state index < -0.39 is 17.6 Å². The van der Waals surface area contributed by atoms with Crippen molar-refractivity contribution in [3.63, 3.8) is 0 Å². The highest BCUT2D eigenvalue weighted by Crippen LogP contribution is 2.50. The quantitative estimate of drug-likeness (QED) is 0.629. The molecule has 4 nitrogen and oxygen atoms in total. The molecule has 1 unspecified atom stereocenters. The molecule has 148 valence electrons. The Bertz CT molecular complexity index is 1220. The molecule has 0 radical (unpaired) electrons. The average molecular weight is 393 g/mol. The Balaban J connectivity index is 1.84. The van der Waals surface area contributed by atoms with Gasteiger partial charge < -0.3 is 5.32 Å². The lowest BCUT2D eigenvalue weighted by Crippen LogP contribution is -2.34. The molecule has 29 heavy (non-hydrogen) atoms. The summed E-state index contributed by atoms with van der Waals surface area (Å²) in [6, 6.07) is 7.88. The zero-order valence-electron chi connectivity index (χ0n) is 16.5. The first-order valence-electron chi connectivity index (χ1n) is 9.68. The summed E-state index contributed by atoms with van der Waals surface area (Å²) in [5.41, 5.74) is 4.57. The van der Waals surface area contributed by atoms with Crippen molar-refractivity contribution in [3.05, 3.63) is 70.6 Å². The molecular formula is C23H21F2N3O. The van der Waals surface area contributed by atoms with Crippen LogP contribution in [0.5, 0.6) is 0 Å². The summed E-state index contributed by atoms with van der Waals surface area (Å²) >= 11 is 0. The second kappa shape index (κ2) is 5.99. The molecule has 0 spiro atoms. The lowest BCUT2D eigenvalue weighted by molar-refractivity contribution is -0.118. The molecule has 6 heteroatoms. The summed E-state index contributed by atoms with van der Waals surface area (Å²) in [6.45, 7) is 4.14. The Labute approximate surface area is 167 Å². The summed E-state index contributed by atoms with van der Waals surface area (Å²) in [4.78, 5) is 13.3. The monoisotopic (exact) mass is 393 g/mol. The average Bonchev–Trinajstić information content (AvgIpc) is 3.02. The fourth-order valence-corrected chi connectivity index (χ4v) is 4.81. The smallest absolute Gasteiger partial charge is 0.162 e. The Kier molecular flexibility index (Phi) is 3.72. The maximum Gasteiger partial charge on any atom is 0.162 e. The summed E-state index contributed by atoms with van der Waals surface area (Å²) < 4.78 is 29.6. The molecule has 0 saturated carbocycles. The van der Waals surface area contributed by atoms with Crippen LogP contribution >= 0.6 is 0 Å². The minimum Gasteiger partial charge on any atom is -0.358 e. The van der Waals surface area contributed by atoms with Crippen molar-refractivity contribution in [2.24, 2.45) is 12.5 Å². The standard InChI is InChI=1S/C23H21F2N3O/c1-23(2)9-17-20(18(29)10-23)19(12-4-6-14(24)15(25)8-12)21-16(27-17)7-5-13-11-26-28(3)22(13)21/h4-8,11,19,27H,9-10H2,1-3H3. The van der Waals surface area contributed by atoms with Crippen LogP contribution < -0.4 is 5.32 Å². The Morgan fingerprint density at radius 1 is 1.14 bits per heavy atom. The van der Waals surface area contributed by atoms with Gasteiger partial charge in [0.05, 0.1) is 11.7 Å². The van der Waals surface area contributed by atoms with Gasteiger partial charge in [-0.25, -0.2) is 8.78 Å². The van der Waals surface area contributed by atoms with Crippen molar-refractivity contribution in [3.8, 4) is 0 Å². The van der Waals surface area contributed by atoms with Crippen LogP contribution in [-0.4, -0.2) is 15.6 Å². The van der Waals surface area contributed by atoms with Crippen LogP contribution in [0.4, 0.5) is 14.5 Å². The molecule has 2 heterocycles. The number of benzene rings is 2. The number of carbonyl (C=O) groups excluding carboxylic acids is 1. The molecule has 0 bridgehead atoms. The summed E-state index contributed by atoms with van der Waals surface area (Å²) in [5, 5.41) is 8.77. The van der Waals surface area contributed by atoms with Crippen LogP contribution in [0.1, 0.15) is 43.7 Å². The maximum atomic E-state index is 14.2. The lowest BCUT2D eigenvalue weighted by atomic mass is 9.68. The summed E-state index contributed by atoms with van der Waals surface area (Å²) in [7, 11) is 1.85. The second-order valence-electron chi connectivity index (χ2n) is 8.80. The molecule has 3 aromatic rings. The Hall–Kier alpha value is -3.02. The van der Waals surface area contributed by atoms with Gasteiger partial charge in [-0.15, -0.1) is 0 Å². The predicted octanol–water partition coefficient (Wildman–Crippen LogP) is 5.05. The van der Waals surface area contributed by atoms with E-state index in [9.17, 15) is 13.6 Å². The van der Waals surface area contributed by atoms with Gasteiger partial charge in [0.25, 0.3) is 0 Å². The third kappa shape index (κ3) is 2.69. The van der Waals surface area contributed by atoms with E-state index in [4.69, 9.17) is 0 Å². The zero-order chi connectivity index (χ0) is 20.5. The number of ketones is 1. The van der Waals surface area contributed by atoms with E-state index in [1.807, 2.05) is 19.2 Å². The molecule has 0 fully saturated rings. The number of anilines is 1. The van der Waals surface area contributed by atoms with Crippen molar-refractivity contribution in [2.45, 2.75) is 32.6 Å². The van der Waals surface area contributed by atoms with Crippen molar-refractivity contribution in [1.29, 1.82) is 0 Å². The van der Waals surface area contributed by atoms with Crippen LogP contribution in [0.3, 0.4) is 0 Å². The van der Waals surface area contributed by atoms with Crippen LogP contribution in [-0.2, 0) is 11.8 Å². The molecule has 0 amide bonds. The van der Waals surface area contributed by atoms with Gasteiger partial charge in [-0.2, -0.15) is 5.10 Å². The first kappa shape index (κ1) is 18.0. The van der Waals surface area contributed by atoms with E-state index >= 15 is 0 Å². The molecular weight excluding hydrogens is 372 g/mol. The molecule has 1 N–H and O–H groups in total. The minimum absolute atomic E-state index is 0.0447. The highest BCUT2D eigenvalue weighted by molar-refractivity contribution is 6.03. The Morgan fingerprint density at radius 3 is 2.69 bits per heavy atom. The minimum atomic E-state index is -0.912. The summed E-state index contributed by atoms with van der Waals surface area (Å²) in [5.74, 6) is -2.24. The highest BCUT2D eigenvalue weighted by atomic mass is 19.2. The van der Waals surface area contributed by atoms with Gasteiger partial charge in [0.15, 0.2) is 17.4 Å². The number of allylic oxidation sites excluding steroid dienone is 2. The number of rotatable bonds is 1. The number of nitrogens with zero attached hydrogens (tertiary/aromatic N) is 2. The highest BCUT2D eigenvalue weighted by Gasteiger charge is 2.41. The van der Waals surface area contributed by atoms with Gasteiger partial charge in [0.2, 0.25) is 0 Å². The van der Waals surface area contributed by atoms with Gasteiger partial charge in [-0.1, -0.05) is 19.9 Å². The van der Waals surface area contributed by atoms with Gasteiger partial charge >= 0.3 is 0 Å². The number of aryl methyl sites for hydroxylation is 1. The summed E-state index contributed by atoms with van der Waals surface area (Å²) in [6.07, 6.45) is 2.91. The van der Waals surface area contributed by atoms with Crippen LogP contribution in [0.2, 0.25) is 0 Å². The third-order valence-electron chi connectivity index (χ3n) is 6.00. The molecule has 5 rings (SSSR count). The topological polar surface area (TPSA) is 46.9 Å². The van der Waals surface area contributed by atoms with Gasteiger partial charge in [0.1, 0.15) is 0 Å². The van der Waals surface area contributed by atoms with E-state index in [1.54, 1.807) is 16.9 Å². The van der Waals surface area contributed by atoms with E-state index in [1.165, 1.54) is 6.07 Å². The van der Waals surface area contributed by atoms with Gasteiger partial charge in [-0.05, 0) is 41.7 Å². The zero-order valence-corrected chi connectivity index (χ0v) is 16.5. The number of hydrogen-bond donors (Lipinski definition) is 1. The number of aromatic nitrogens is 2. The van der Waals surface area contributed by atoms with Gasteiger partial charge in [-0.3, -0.25) is 9.48 Å². The lowest BCUT2D eigenvalue weighted by Gasteiger charge is -2.39. The Morgan fingerprint density at radius 2 is 1.93 bits per heavy atom. The van der Waals surface area contributed by atoms with Crippen LogP contribution in [0, 0.1) is 17.0 Å². The predicted molar refractivity (Wildman–Crippen MR) is 108 cm³/mol. The first-order chi connectivity index (χ1) is 13.7. The normalized spacial score (nSPS) is 20.4. The van der Waals surface area contributed by atoms with Crippen molar-refractivity contribution < 1.29 is 13.6 Å². The fraction of sp³-hybridized carbons (Fsp3) is 0.304. The number of nitrogens with one attached hydrogen (secondary N) is 1. The maximum absolute atomic E-state index is 14.2. The van der Waals surface area contributed by atoms with Crippen molar-refractivity contribution >= 4 is 22.4 Å². The van der Waals surface area contributed by atoms with Crippen molar-refractivity contribution in [2.75, 3.05) is 5.32 Å². The van der Waals surface area contributed by atoms with Crippen LogP contribution in [0.15, 0.2) is 47.8 Å². The number of Topliss-reactive ketones (excluding diaryl/α,β-unsaturated/α-hetero) is 1. The van der Waals surface area contributed by atoms with E-state index in [-0.39, 0.29) is 11.2 Å². The van der Waals surface area contributed by atoms with Crippen LogP contribution in [0.25, 0.3) is 10.9 Å². The molecule has 1 aliphatic carbocycles. The molecule has 0 saturated heterocycles. The van der Waals surface area contributed by atoms with E-state index in [0.29, 0.717) is 17.6 Å². The molecule has 1 atom stereocenters. The number of halogens is 2. The van der Waals surface area contributed by atoms with Gasteiger partial charge in [0, 0.05) is 47.3 Å². The number of hydrogen-bond acceptors (Lipinski definition) is 3. The molecule has 1 aliphatic heterocycles. The molecule has 2 aromatic carbocycles. The third-order valence-corrected chi connectivity index (χ3v) is 6.00. The number of carbonyl (C=O) groups is 1. The first-order valence-corrected chi connectivity index (χ1v) is 9.68. The number of fused-ring (bicyclic) bond motifs is 3. The largest absolute Gasteiger partial charge is 0.358 e. The fourth-order valence-electron chi connectivity index (χ4n) is 4.81. The van der Waals surface area contributed by atoms with E-state index in [0.717, 1.165) is 40.3 Å².